The third kappa shape index (κ3) is 3.00. The Labute approximate surface area is 124 Å². The summed E-state index contributed by atoms with van der Waals surface area (Å²) in [4.78, 5) is 15.0. The molecule has 3 nitrogen and oxygen atoms in total. The van der Waals surface area contributed by atoms with Crippen molar-refractivity contribution in [1.82, 2.24) is 4.98 Å². The second-order valence-corrected chi connectivity index (χ2v) is 4.99. The van der Waals surface area contributed by atoms with Gasteiger partial charge in [0, 0.05) is 11.8 Å². The Morgan fingerprint density at radius 3 is 2.53 bits per heavy atom. The van der Waals surface area contributed by atoms with E-state index in [1.165, 1.54) is 0 Å². The highest BCUT2D eigenvalue weighted by molar-refractivity contribution is 6.46. The van der Waals surface area contributed by atoms with Gasteiger partial charge >= 0.3 is 5.97 Å². The summed E-state index contributed by atoms with van der Waals surface area (Å²) in [5.41, 5.74) is 1.41. The monoisotopic (exact) mass is 315 g/mol. The Balaban J connectivity index is 2.66. The van der Waals surface area contributed by atoms with E-state index in [1.807, 2.05) is 0 Å². The molecule has 0 aliphatic heterocycles. The zero-order valence-electron chi connectivity index (χ0n) is 9.53. The zero-order valence-corrected chi connectivity index (χ0v) is 11.8. The Hall–Kier alpha value is -1.29. The van der Waals surface area contributed by atoms with Gasteiger partial charge < -0.3 is 5.11 Å². The summed E-state index contributed by atoms with van der Waals surface area (Å²) in [6, 6.07) is 6.51. The Bertz CT molecular complexity index is 644. The number of carboxylic acids is 1. The molecule has 1 N–H and O–H groups in total. The molecule has 19 heavy (non-hydrogen) atoms. The highest BCUT2D eigenvalue weighted by Gasteiger charge is 2.17. The molecule has 0 spiro atoms. The molecule has 2 aromatic rings. The number of halogens is 3. The molecular weight excluding hydrogens is 309 g/mol. The molecule has 0 bridgehead atoms. The zero-order chi connectivity index (χ0) is 14.0. The van der Waals surface area contributed by atoms with Gasteiger partial charge in [-0.15, -0.1) is 0 Å². The quantitative estimate of drug-likeness (QED) is 0.857. The van der Waals surface area contributed by atoms with Crippen molar-refractivity contribution in [1.29, 1.82) is 0 Å². The van der Waals surface area contributed by atoms with Gasteiger partial charge in [0.05, 0.1) is 27.2 Å². The van der Waals surface area contributed by atoms with E-state index in [0.717, 1.165) is 0 Å². The molecule has 0 aliphatic carbocycles. The predicted octanol–water partition coefficient (Wildman–Crippen LogP) is 4.34. The average molecular weight is 317 g/mol. The fourth-order valence-corrected chi connectivity index (χ4v) is 2.42. The SMILES string of the molecule is O=C(O)Cc1cccnc1-c1c(Cl)ccc(Cl)c1Cl. The minimum Gasteiger partial charge on any atom is -0.481 e. The van der Waals surface area contributed by atoms with E-state index in [9.17, 15) is 4.79 Å². The van der Waals surface area contributed by atoms with Crippen LogP contribution in [0, 0.1) is 0 Å². The van der Waals surface area contributed by atoms with Crippen LogP contribution in [0.3, 0.4) is 0 Å². The van der Waals surface area contributed by atoms with Crippen LogP contribution >= 0.6 is 34.8 Å². The molecule has 0 unspecified atom stereocenters. The maximum Gasteiger partial charge on any atom is 0.307 e. The van der Waals surface area contributed by atoms with Gasteiger partial charge in [0.1, 0.15) is 0 Å². The molecule has 1 aromatic heterocycles. The summed E-state index contributed by atoms with van der Waals surface area (Å²) in [6.07, 6.45) is 1.39. The minimum atomic E-state index is -0.955. The van der Waals surface area contributed by atoms with Crippen LogP contribution < -0.4 is 0 Å². The van der Waals surface area contributed by atoms with E-state index < -0.39 is 5.97 Å². The lowest BCUT2D eigenvalue weighted by atomic mass is 10.0. The third-order valence-corrected chi connectivity index (χ3v) is 3.63. The van der Waals surface area contributed by atoms with E-state index in [-0.39, 0.29) is 11.4 Å². The fourth-order valence-electron chi connectivity index (χ4n) is 1.71. The van der Waals surface area contributed by atoms with E-state index in [4.69, 9.17) is 39.9 Å². The van der Waals surface area contributed by atoms with E-state index >= 15 is 0 Å². The first kappa shape index (κ1) is 14.1. The Morgan fingerprint density at radius 2 is 1.84 bits per heavy atom. The number of hydrogen-bond acceptors (Lipinski definition) is 2. The summed E-state index contributed by atoms with van der Waals surface area (Å²) >= 11 is 18.2. The fraction of sp³-hybridized carbons (Fsp3) is 0.0769. The van der Waals surface area contributed by atoms with E-state index in [2.05, 4.69) is 4.98 Å². The number of aromatic nitrogens is 1. The first-order valence-electron chi connectivity index (χ1n) is 5.30. The largest absolute Gasteiger partial charge is 0.481 e. The Morgan fingerprint density at radius 1 is 1.16 bits per heavy atom. The highest BCUT2D eigenvalue weighted by atomic mass is 35.5. The molecule has 1 heterocycles. The first-order chi connectivity index (χ1) is 9.00. The van der Waals surface area contributed by atoms with Crippen LogP contribution in [0.15, 0.2) is 30.5 Å². The van der Waals surface area contributed by atoms with Crippen molar-refractivity contribution in [2.45, 2.75) is 6.42 Å². The third-order valence-electron chi connectivity index (χ3n) is 2.51. The van der Waals surface area contributed by atoms with Crippen molar-refractivity contribution in [3.8, 4) is 11.3 Å². The Kier molecular flexibility index (Phi) is 4.30. The molecule has 0 aliphatic rings. The van der Waals surface area contributed by atoms with Crippen LogP contribution in [0.5, 0.6) is 0 Å². The summed E-state index contributed by atoms with van der Waals surface area (Å²) in [6.45, 7) is 0. The average Bonchev–Trinajstić information content (AvgIpc) is 2.36. The lowest BCUT2D eigenvalue weighted by Gasteiger charge is -2.11. The molecule has 0 atom stereocenters. The van der Waals surface area contributed by atoms with Gasteiger partial charge in [-0.05, 0) is 23.8 Å². The van der Waals surface area contributed by atoms with Crippen molar-refractivity contribution in [2.24, 2.45) is 0 Å². The van der Waals surface area contributed by atoms with Crippen LogP contribution in [0.25, 0.3) is 11.3 Å². The van der Waals surface area contributed by atoms with Crippen LogP contribution in [0.1, 0.15) is 5.56 Å². The molecule has 0 saturated heterocycles. The molecular formula is C13H8Cl3NO2. The van der Waals surface area contributed by atoms with Gasteiger partial charge in [-0.2, -0.15) is 0 Å². The molecule has 98 valence electrons. The van der Waals surface area contributed by atoms with Gasteiger partial charge in [-0.25, -0.2) is 0 Å². The molecule has 2 rings (SSSR count). The summed E-state index contributed by atoms with van der Waals surface area (Å²) in [7, 11) is 0. The lowest BCUT2D eigenvalue weighted by Crippen LogP contribution is -2.03. The van der Waals surface area contributed by atoms with Crippen LogP contribution in [0.2, 0.25) is 15.1 Å². The van der Waals surface area contributed by atoms with Crippen LogP contribution in [-0.4, -0.2) is 16.1 Å². The van der Waals surface area contributed by atoms with Gasteiger partial charge in [-0.1, -0.05) is 40.9 Å². The van der Waals surface area contributed by atoms with Crippen molar-refractivity contribution < 1.29 is 9.90 Å². The molecule has 0 amide bonds. The van der Waals surface area contributed by atoms with E-state index in [0.29, 0.717) is 26.9 Å². The van der Waals surface area contributed by atoms with Crippen LogP contribution in [0.4, 0.5) is 0 Å². The van der Waals surface area contributed by atoms with Gasteiger partial charge in [0.15, 0.2) is 0 Å². The summed E-state index contributed by atoms with van der Waals surface area (Å²) in [5, 5.41) is 9.89. The van der Waals surface area contributed by atoms with Crippen molar-refractivity contribution >= 4 is 40.8 Å². The second-order valence-electron chi connectivity index (χ2n) is 3.80. The minimum absolute atomic E-state index is 0.164. The summed E-state index contributed by atoms with van der Waals surface area (Å²) in [5.74, 6) is -0.955. The molecule has 0 fully saturated rings. The number of pyridine rings is 1. The smallest absolute Gasteiger partial charge is 0.307 e. The molecule has 6 heteroatoms. The van der Waals surface area contributed by atoms with Crippen molar-refractivity contribution in [2.75, 3.05) is 0 Å². The molecule has 0 radical (unpaired) electrons. The van der Waals surface area contributed by atoms with E-state index in [1.54, 1.807) is 30.5 Å². The van der Waals surface area contributed by atoms with Gasteiger partial charge in [0.2, 0.25) is 0 Å². The van der Waals surface area contributed by atoms with Crippen molar-refractivity contribution in [3.63, 3.8) is 0 Å². The number of carbonyl (C=O) groups is 1. The number of hydrogen-bond donors (Lipinski definition) is 1. The highest BCUT2D eigenvalue weighted by Crippen LogP contribution is 2.39. The number of benzene rings is 1. The number of nitrogens with zero attached hydrogens (tertiary/aromatic N) is 1. The maximum absolute atomic E-state index is 10.9. The lowest BCUT2D eigenvalue weighted by molar-refractivity contribution is -0.136. The number of rotatable bonds is 3. The van der Waals surface area contributed by atoms with Crippen molar-refractivity contribution in [3.05, 3.63) is 51.1 Å². The topological polar surface area (TPSA) is 50.2 Å². The second kappa shape index (κ2) is 5.78. The van der Waals surface area contributed by atoms with Crippen LogP contribution in [-0.2, 0) is 11.2 Å². The molecule has 1 aromatic carbocycles. The normalized spacial score (nSPS) is 10.5. The molecule has 0 saturated carbocycles. The summed E-state index contributed by atoms with van der Waals surface area (Å²) < 4.78 is 0. The maximum atomic E-state index is 10.9. The number of carboxylic acid groups (broad SMARTS) is 1. The predicted molar refractivity (Wildman–Crippen MR) is 76.0 cm³/mol. The van der Waals surface area contributed by atoms with Gasteiger partial charge in [-0.3, -0.25) is 9.78 Å². The standard InChI is InChI=1S/C13H8Cl3NO2/c14-8-3-4-9(15)12(16)11(8)13-7(6-10(18)19)2-1-5-17-13/h1-5H,6H2,(H,18,19). The number of aliphatic carboxylic acids is 1. The van der Waals surface area contributed by atoms with Gasteiger partial charge in [0.25, 0.3) is 0 Å². The first-order valence-corrected chi connectivity index (χ1v) is 6.43.